The highest BCUT2D eigenvalue weighted by Crippen LogP contribution is 2.35. The lowest BCUT2D eigenvalue weighted by Gasteiger charge is -2.42. The third-order valence-corrected chi connectivity index (χ3v) is 4.93. The first-order valence-corrected chi connectivity index (χ1v) is 7.23. The van der Waals surface area contributed by atoms with Gasteiger partial charge in [-0.25, -0.2) is 0 Å². The van der Waals surface area contributed by atoms with Crippen LogP contribution in [0.25, 0.3) is 0 Å². The lowest BCUT2D eigenvalue weighted by atomic mass is 9.83. The smallest absolute Gasteiger partial charge is 0.0513 e. The van der Waals surface area contributed by atoms with Crippen LogP contribution in [0.4, 0.5) is 0 Å². The van der Waals surface area contributed by atoms with Gasteiger partial charge in [-0.1, -0.05) is 13.3 Å². The first-order chi connectivity index (χ1) is 8.20. The van der Waals surface area contributed by atoms with Crippen LogP contribution < -0.4 is 5.73 Å². The summed E-state index contributed by atoms with van der Waals surface area (Å²) in [5.74, 6) is 1.53. The van der Waals surface area contributed by atoms with E-state index in [1.807, 2.05) is 0 Å². The van der Waals surface area contributed by atoms with E-state index < -0.39 is 0 Å². The Balaban J connectivity index is 1.98. The molecule has 0 radical (unpaired) electrons. The average Bonchev–Trinajstić information content (AvgIpc) is 2.99. The Morgan fingerprint density at radius 1 is 1.41 bits per heavy atom. The molecule has 0 amide bonds. The second kappa shape index (κ2) is 5.68. The topological polar surface area (TPSA) is 38.5 Å². The zero-order valence-electron chi connectivity index (χ0n) is 11.5. The molecule has 0 aromatic rings. The van der Waals surface area contributed by atoms with Crippen molar-refractivity contribution in [3.8, 4) is 0 Å². The molecule has 3 nitrogen and oxygen atoms in total. The van der Waals surface area contributed by atoms with Crippen molar-refractivity contribution in [3.05, 3.63) is 0 Å². The third-order valence-electron chi connectivity index (χ3n) is 4.93. The fourth-order valence-corrected chi connectivity index (χ4v) is 3.52. The van der Waals surface area contributed by atoms with Gasteiger partial charge in [0.1, 0.15) is 0 Å². The standard InChI is InChI=1S/C14H28N2O/c1-3-4-12-5-7-16(9-12)14(2,11-15)13-6-8-17-10-13/h12-13H,3-11,15H2,1-2H3. The van der Waals surface area contributed by atoms with Crippen molar-refractivity contribution >= 4 is 0 Å². The molecule has 2 N–H and O–H groups in total. The van der Waals surface area contributed by atoms with E-state index in [0.717, 1.165) is 25.7 Å². The first-order valence-electron chi connectivity index (χ1n) is 7.23. The van der Waals surface area contributed by atoms with Crippen LogP contribution in [0.2, 0.25) is 0 Å². The first kappa shape index (κ1) is 13.3. The molecule has 2 aliphatic rings. The zero-order valence-corrected chi connectivity index (χ0v) is 11.5. The second-order valence-electron chi connectivity index (χ2n) is 6.01. The van der Waals surface area contributed by atoms with Gasteiger partial charge < -0.3 is 10.5 Å². The van der Waals surface area contributed by atoms with Gasteiger partial charge in [0.2, 0.25) is 0 Å². The van der Waals surface area contributed by atoms with Gasteiger partial charge in [0, 0.05) is 31.2 Å². The summed E-state index contributed by atoms with van der Waals surface area (Å²) in [5, 5.41) is 0. The minimum Gasteiger partial charge on any atom is -0.381 e. The average molecular weight is 240 g/mol. The molecule has 0 spiro atoms. The van der Waals surface area contributed by atoms with E-state index in [0.29, 0.717) is 5.92 Å². The molecular weight excluding hydrogens is 212 g/mol. The Morgan fingerprint density at radius 2 is 2.24 bits per heavy atom. The monoisotopic (exact) mass is 240 g/mol. The fourth-order valence-electron chi connectivity index (χ4n) is 3.52. The number of hydrogen-bond donors (Lipinski definition) is 1. The molecule has 0 bridgehead atoms. The summed E-state index contributed by atoms with van der Waals surface area (Å²) in [6.45, 7) is 9.71. The Morgan fingerprint density at radius 3 is 2.82 bits per heavy atom. The molecule has 17 heavy (non-hydrogen) atoms. The van der Waals surface area contributed by atoms with Gasteiger partial charge in [0.15, 0.2) is 0 Å². The highest BCUT2D eigenvalue weighted by atomic mass is 16.5. The largest absolute Gasteiger partial charge is 0.381 e. The van der Waals surface area contributed by atoms with Gasteiger partial charge in [-0.3, -0.25) is 4.90 Å². The highest BCUT2D eigenvalue weighted by molar-refractivity contribution is 4.98. The van der Waals surface area contributed by atoms with Crippen LogP contribution in [0.5, 0.6) is 0 Å². The normalized spacial score (nSPS) is 34.1. The van der Waals surface area contributed by atoms with Crippen LogP contribution in [0.15, 0.2) is 0 Å². The van der Waals surface area contributed by atoms with E-state index in [1.165, 1.54) is 38.8 Å². The van der Waals surface area contributed by atoms with Crippen molar-refractivity contribution in [1.82, 2.24) is 4.90 Å². The van der Waals surface area contributed by atoms with Crippen molar-refractivity contribution in [3.63, 3.8) is 0 Å². The molecule has 2 fully saturated rings. The van der Waals surface area contributed by atoms with Crippen LogP contribution in [-0.4, -0.2) is 43.3 Å². The molecule has 100 valence electrons. The summed E-state index contributed by atoms with van der Waals surface area (Å²) < 4.78 is 5.56. The predicted molar refractivity (Wildman–Crippen MR) is 71.0 cm³/mol. The van der Waals surface area contributed by atoms with Crippen LogP contribution in [0, 0.1) is 11.8 Å². The lowest BCUT2D eigenvalue weighted by Crippen LogP contribution is -2.56. The predicted octanol–water partition coefficient (Wildman–Crippen LogP) is 1.86. The van der Waals surface area contributed by atoms with Gasteiger partial charge in [0.25, 0.3) is 0 Å². The molecule has 0 saturated carbocycles. The number of nitrogens with two attached hydrogens (primary N) is 1. The zero-order chi connectivity index (χ0) is 12.3. The molecule has 3 unspecified atom stereocenters. The summed E-state index contributed by atoms with van der Waals surface area (Å²) in [6, 6.07) is 0. The van der Waals surface area contributed by atoms with E-state index in [1.54, 1.807) is 0 Å². The summed E-state index contributed by atoms with van der Waals surface area (Å²) in [4.78, 5) is 2.65. The van der Waals surface area contributed by atoms with E-state index in [4.69, 9.17) is 10.5 Å². The SMILES string of the molecule is CCCC1CCN(C(C)(CN)C2CCOC2)C1. The Kier molecular flexibility index (Phi) is 4.45. The molecule has 2 saturated heterocycles. The molecular formula is C14H28N2O. The van der Waals surface area contributed by atoms with Gasteiger partial charge in [0.05, 0.1) is 6.61 Å². The van der Waals surface area contributed by atoms with E-state index in [-0.39, 0.29) is 5.54 Å². The maximum absolute atomic E-state index is 6.09. The quantitative estimate of drug-likeness (QED) is 0.797. The summed E-state index contributed by atoms with van der Waals surface area (Å²) in [7, 11) is 0. The summed E-state index contributed by atoms with van der Waals surface area (Å²) >= 11 is 0. The van der Waals surface area contributed by atoms with E-state index in [9.17, 15) is 0 Å². The third kappa shape index (κ3) is 2.67. The second-order valence-corrected chi connectivity index (χ2v) is 6.01. The number of likely N-dealkylation sites (tertiary alicyclic amines) is 1. The molecule has 3 atom stereocenters. The van der Waals surface area contributed by atoms with Crippen molar-refractivity contribution in [2.24, 2.45) is 17.6 Å². The maximum Gasteiger partial charge on any atom is 0.0513 e. The Bertz CT molecular complexity index is 240. The molecule has 2 heterocycles. The van der Waals surface area contributed by atoms with Crippen LogP contribution in [0.1, 0.15) is 39.5 Å². The van der Waals surface area contributed by atoms with Gasteiger partial charge in [-0.15, -0.1) is 0 Å². The number of rotatable bonds is 5. The number of hydrogen-bond acceptors (Lipinski definition) is 3. The molecule has 3 heteroatoms. The van der Waals surface area contributed by atoms with E-state index >= 15 is 0 Å². The van der Waals surface area contributed by atoms with Crippen molar-refractivity contribution in [1.29, 1.82) is 0 Å². The Labute approximate surface area is 106 Å². The van der Waals surface area contributed by atoms with Gasteiger partial charge in [-0.05, 0) is 38.6 Å². The molecule has 2 aliphatic heterocycles. The van der Waals surface area contributed by atoms with Crippen LogP contribution >= 0.6 is 0 Å². The van der Waals surface area contributed by atoms with Crippen molar-refractivity contribution < 1.29 is 4.74 Å². The number of nitrogens with zero attached hydrogens (tertiary/aromatic N) is 1. The Hall–Kier alpha value is -0.120. The maximum atomic E-state index is 6.09. The number of ether oxygens (including phenoxy) is 1. The lowest BCUT2D eigenvalue weighted by molar-refractivity contribution is 0.0616. The van der Waals surface area contributed by atoms with Gasteiger partial charge in [-0.2, -0.15) is 0 Å². The molecule has 0 aliphatic carbocycles. The summed E-state index contributed by atoms with van der Waals surface area (Å²) in [6.07, 6.45) is 5.22. The molecule has 2 rings (SSSR count). The van der Waals surface area contributed by atoms with Crippen molar-refractivity contribution in [2.45, 2.75) is 45.1 Å². The minimum atomic E-state index is 0.166. The minimum absolute atomic E-state index is 0.166. The molecule has 0 aromatic heterocycles. The summed E-state index contributed by atoms with van der Waals surface area (Å²) in [5.41, 5.74) is 6.25. The highest BCUT2D eigenvalue weighted by Gasteiger charge is 2.42. The van der Waals surface area contributed by atoms with Crippen molar-refractivity contribution in [2.75, 3.05) is 32.8 Å². The fraction of sp³-hybridized carbons (Fsp3) is 1.00. The van der Waals surface area contributed by atoms with Crippen LogP contribution in [0.3, 0.4) is 0 Å². The molecule has 0 aromatic carbocycles. The van der Waals surface area contributed by atoms with Crippen LogP contribution in [-0.2, 0) is 4.74 Å². The van der Waals surface area contributed by atoms with Gasteiger partial charge >= 0.3 is 0 Å². The van der Waals surface area contributed by atoms with E-state index in [2.05, 4.69) is 18.7 Å².